The summed E-state index contributed by atoms with van der Waals surface area (Å²) >= 11 is 0. The Labute approximate surface area is 206 Å². The Kier molecular flexibility index (Phi) is 10.1. The molecule has 5 N–H and O–H groups in total. The second kappa shape index (κ2) is 12.8. The Morgan fingerprint density at radius 3 is 2.22 bits per heavy atom. The van der Waals surface area contributed by atoms with E-state index in [-0.39, 0.29) is 32.6 Å². The van der Waals surface area contributed by atoms with E-state index >= 15 is 0 Å². The van der Waals surface area contributed by atoms with Crippen LogP contribution in [0.25, 0.3) is 0 Å². The number of ether oxygens (including phenoxy) is 5. The Balaban J connectivity index is 1.78. The number of hydrogen-bond acceptors (Lipinski definition) is 14. The lowest BCUT2D eigenvalue weighted by Crippen LogP contribution is -2.60. The van der Waals surface area contributed by atoms with E-state index in [4.69, 9.17) is 28.8 Å². The molecule has 15 heteroatoms. The summed E-state index contributed by atoms with van der Waals surface area (Å²) in [6, 6.07) is 0. The summed E-state index contributed by atoms with van der Waals surface area (Å²) in [5.41, 5.74) is 0.378. The van der Waals surface area contributed by atoms with Crippen LogP contribution in [0.15, 0.2) is 6.20 Å². The van der Waals surface area contributed by atoms with E-state index in [1.54, 1.807) is 0 Å². The van der Waals surface area contributed by atoms with Gasteiger partial charge in [-0.05, 0) is 12.8 Å². The predicted molar refractivity (Wildman–Crippen MR) is 115 cm³/mol. The van der Waals surface area contributed by atoms with Gasteiger partial charge in [-0.1, -0.05) is 5.21 Å². The van der Waals surface area contributed by atoms with E-state index in [0.29, 0.717) is 5.69 Å². The minimum absolute atomic E-state index is 0.00771. The molecule has 0 amide bonds. The third-order valence-electron chi connectivity index (χ3n) is 6.44. The fourth-order valence-corrected chi connectivity index (χ4v) is 4.44. The van der Waals surface area contributed by atoms with Gasteiger partial charge >= 0.3 is 11.9 Å². The predicted octanol–water partition coefficient (Wildman–Crippen LogP) is -3.29. The number of aromatic nitrogens is 3. The van der Waals surface area contributed by atoms with Gasteiger partial charge in [0, 0.05) is 0 Å². The van der Waals surface area contributed by atoms with Crippen LogP contribution in [0.3, 0.4) is 0 Å². The number of hydrogen-bond donors (Lipinski definition) is 5. The number of aliphatic hydroxyl groups is 5. The first-order valence-electron chi connectivity index (χ1n) is 11.5. The molecule has 2 fully saturated rings. The van der Waals surface area contributed by atoms with Gasteiger partial charge in [-0.15, -0.1) is 5.10 Å². The maximum Gasteiger partial charge on any atom is 0.309 e. The van der Waals surface area contributed by atoms with Crippen LogP contribution >= 0.6 is 0 Å². The van der Waals surface area contributed by atoms with Crippen LogP contribution in [0, 0.1) is 11.8 Å². The maximum atomic E-state index is 12.5. The monoisotopic (exact) mass is 519 g/mol. The molecule has 0 radical (unpaired) electrons. The van der Waals surface area contributed by atoms with E-state index in [9.17, 15) is 30.0 Å². The first-order chi connectivity index (χ1) is 17.2. The van der Waals surface area contributed by atoms with Gasteiger partial charge in [-0.25, -0.2) is 4.68 Å². The summed E-state index contributed by atoms with van der Waals surface area (Å²) in [6.45, 7) is -0.573. The summed E-state index contributed by atoms with van der Waals surface area (Å²) < 4.78 is 28.5. The largest absolute Gasteiger partial charge is 0.469 e. The minimum atomic E-state index is -1.66. The molecule has 1 saturated carbocycles. The third-order valence-corrected chi connectivity index (χ3v) is 6.44. The van der Waals surface area contributed by atoms with Crippen molar-refractivity contribution < 1.29 is 58.8 Å². The van der Waals surface area contributed by atoms with Gasteiger partial charge in [0.25, 0.3) is 0 Å². The highest BCUT2D eigenvalue weighted by Crippen LogP contribution is 2.37. The van der Waals surface area contributed by atoms with E-state index in [0.717, 1.165) is 0 Å². The molecule has 0 spiro atoms. The zero-order valence-electron chi connectivity index (χ0n) is 20.0. The molecule has 2 aliphatic rings. The number of nitrogens with zero attached hydrogens (tertiary/aromatic N) is 3. The van der Waals surface area contributed by atoms with Crippen molar-refractivity contribution in [3.63, 3.8) is 0 Å². The summed E-state index contributed by atoms with van der Waals surface area (Å²) in [7, 11) is 2.39. The number of methoxy groups -OCH3 is 2. The molecule has 1 aromatic heterocycles. The van der Waals surface area contributed by atoms with Crippen molar-refractivity contribution in [3.05, 3.63) is 11.9 Å². The van der Waals surface area contributed by atoms with E-state index in [2.05, 4.69) is 10.3 Å². The topological polar surface area (TPSA) is 212 Å². The Morgan fingerprint density at radius 2 is 1.67 bits per heavy atom. The quantitative estimate of drug-likeness (QED) is 0.192. The average molecular weight is 520 g/mol. The van der Waals surface area contributed by atoms with Crippen molar-refractivity contribution in [2.24, 2.45) is 11.8 Å². The van der Waals surface area contributed by atoms with Crippen molar-refractivity contribution in [3.8, 4) is 0 Å². The molecule has 3 rings (SSSR count). The number of rotatable bonds is 10. The lowest BCUT2D eigenvalue weighted by atomic mass is 9.76. The summed E-state index contributed by atoms with van der Waals surface area (Å²) in [4.78, 5) is 24.9. The Bertz CT molecular complexity index is 867. The van der Waals surface area contributed by atoms with Gasteiger partial charge in [0.1, 0.15) is 30.1 Å². The van der Waals surface area contributed by atoms with Crippen LogP contribution in [0.5, 0.6) is 0 Å². The van der Waals surface area contributed by atoms with Crippen LogP contribution in [0.2, 0.25) is 0 Å². The van der Waals surface area contributed by atoms with Crippen LogP contribution in [0.1, 0.15) is 18.5 Å². The Hall–Kier alpha value is -2.24. The van der Waals surface area contributed by atoms with Crippen LogP contribution in [0.4, 0.5) is 0 Å². The van der Waals surface area contributed by atoms with E-state index in [1.807, 2.05) is 0 Å². The molecule has 0 aromatic carbocycles. The van der Waals surface area contributed by atoms with Crippen molar-refractivity contribution in [1.29, 1.82) is 0 Å². The van der Waals surface area contributed by atoms with E-state index in [1.165, 1.54) is 25.1 Å². The van der Waals surface area contributed by atoms with Crippen LogP contribution in [-0.2, 0) is 46.4 Å². The molecule has 36 heavy (non-hydrogen) atoms. The fourth-order valence-electron chi connectivity index (χ4n) is 4.44. The standard InChI is InChI=1S/C21H33N3O12/c1-32-19(30)11-5-13(34-4-3-24-7-10(8-25)22-23-24)14(6-12(11)20(31)33-2)35-21-18(29)17(28)16(27)15(9-26)36-21/h7,11-18,21,25-29H,3-6,8-9H2,1-2H3/t11-,12-,13-,14-,15+,16+,17-,18-,21-/m0/s1. The average Bonchev–Trinajstić information content (AvgIpc) is 3.36. The molecular weight excluding hydrogens is 486 g/mol. The number of aliphatic hydroxyl groups excluding tert-OH is 5. The van der Waals surface area contributed by atoms with Gasteiger partial charge in [0.15, 0.2) is 6.29 Å². The fraction of sp³-hybridized carbons (Fsp3) is 0.810. The molecule has 15 nitrogen and oxygen atoms in total. The molecule has 0 bridgehead atoms. The summed E-state index contributed by atoms with van der Waals surface area (Å²) in [6.07, 6.45) is -7.77. The van der Waals surface area contributed by atoms with Crippen molar-refractivity contribution in [2.45, 2.75) is 68.9 Å². The van der Waals surface area contributed by atoms with Crippen molar-refractivity contribution >= 4 is 11.9 Å². The third kappa shape index (κ3) is 6.36. The highest BCUT2D eigenvalue weighted by atomic mass is 16.7. The molecule has 1 aliphatic heterocycles. The van der Waals surface area contributed by atoms with Crippen LogP contribution < -0.4 is 0 Å². The number of carbonyl (C=O) groups is 2. The number of carbonyl (C=O) groups excluding carboxylic acids is 2. The zero-order valence-corrected chi connectivity index (χ0v) is 20.0. The summed E-state index contributed by atoms with van der Waals surface area (Å²) in [5.74, 6) is -3.13. The number of esters is 2. The molecule has 204 valence electrons. The van der Waals surface area contributed by atoms with Crippen LogP contribution in [-0.4, -0.2) is 123 Å². The lowest BCUT2D eigenvalue weighted by molar-refractivity contribution is -0.322. The van der Waals surface area contributed by atoms with Gasteiger partial charge in [-0.2, -0.15) is 0 Å². The van der Waals surface area contributed by atoms with Gasteiger partial charge in [-0.3, -0.25) is 9.59 Å². The normalized spacial score (nSPS) is 34.8. The molecule has 2 heterocycles. The smallest absolute Gasteiger partial charge is 0.309 e. The molecule has 1 aliphatic carbocycles. The molecule has 1 saturated heterocycles. The SMILES string of the molecule is COC(=O)[C@H]1C[C@H](OCCn2cc(CO)nn2)[C@@H](O[C@H]2O[C@H](CO)[C@@H](O)[C@H](O)[C@@H]2O)C[C@@H]1C(=O)OC. The highest BCUT2D eigenvalue weighted by Gasteiger charge is 2.50. The van der Waals surface area contributed by atoms with Gasteiger partial charge in [0.05, 0.1) is 70.8 Å². The minimum Gasteiger partial charge on any atom is -0.469 e. The first-order valence-corrected chi connectivity index (χ1v) is 11.5. The first kappa shape index (κ1) is 28.3. The lowest BCUT2D eigenvalue weighted by Gasteiger charge is -2.44. The second-order valence-electron chi connectivity index (χ2n) is 8.64. The van der Waals surface area contributed by atoms with Crippen molar-refractivity contribution in [1.82, 2.24) is 15.0 Å². The molecule has 0 unspecified atom stereocenters. The van der Waals surface area contributed by atoms with Crippen molar-refractivity contribution in [2.75, 3.05) is 27.4 Å². The van der Waals surface area contributed by atoms with E-state index < -0.39 is 73.3 Å². The molecule has 1 aromatic rings. The molecular formula is C21H33N3O12. The zero-order chi connectivity index (χ0) is 26.4. The maximum absolute atomic E-state index is 12.5. The second-order valence-corrected chi connectivity index (χ2v) is 8.64. The highest BCUT2D eigenvalue weighted by molar-refractivity contribution is 5.82. The Morgan fingerprint density at radius 1 is 1.03 bits per heavy atom. The summed E-state index contributed by atoms with van der Waals surface area (Å²) in [5, 5.41) is 56.8. The molecule has 9 atom stereocenters. The van der Waals surface area contributed by atoms with Gasteiger partial charge < -0.3 is 49.2 Å². The van der Waals surface area contributed by atoms with Gasteiger partial charge in [0.2, 0.25) is 0 Å².